The number of rotatable bonds is 3. The van der Waals surface area contributed by atoms with Crippen LogP contribution >= 0.6 is 11.3 Å². The number of nitrogens with two attached hydrogens (primary N) is 1. The van der Waals surface area contributed by atoms with Gasteiger partial charge in [0.1, 0.15) is 11.5 Å². The van der Waals surface area contributed by atoms with Gasteiger partial charge in [0.25, 0.3) is 0 Å². The monoisotopic (exact) mass is 276 g/mol. The summed E-state index contributed by atoms with van der Waals surface area (Å²) in [4.78, 5) is 5.99. The summed E-state index contributed by atoms with van der Waals surface area (Å²) < 4.78 is 11.1. The third kappa shape index (κ3) is 2.31. The summed E-state index contributed by atoms with van der Waals surface area (Å²) in [5, 5.41) is 1.10. The fourth-order valence-corrected chi connectivity index (χ4v) is 3.29. The molecule has 3 rings (SSSR count). The van der Waals surface area contributed by atoms with E-state index in [9.17, 15) is 0 Å². The summed E-state index contributed by atoms with van der Waals surface area (Å²) in [5.41, 5.74) is 7.66. The third-order valence-electron chi connectivity index (χ3n) is 3.13. The first-order valence-corrected chi connectivity index (χ1v) is 7.13. The number of fused-ring (bicyclic) bond motifs is 3. The van der Waals surface area contributed by atoms with E-state index < -0.39 is 0 Å². The molecule has 1 aromatic heterocycles. The van der Waals surface area contributed by atoms with Crippen LogP contribution in [0, 0.1) is 0 Å². The molecule has 4 nitrogen and oxygen atoms in total. The molecule has 0 atom stereocenters. The summed E-state index contributed by atoms with van der Waals surface area (Å²) in [6.45, 7) is 1.32. The number of methoxy groups -OCH3 is 1. The fraction of sp³-hybridized carbons (Fsp3) is 0.357. The SMILES string of the molecule is COc1ccc2c(c1)-c1nc(CCN)sc1CCO2. The van der Waals surface area contributed by atoms with Crippen molar-refractivity contribution >= 4 is 11.3 Å². The Hall–Kier alpha value is -1.59. The zero-order valence-electron chi connectivity index (χ0n) is 10.8. The molecule has 19 heavy (non-hydrogen) atoms. The molecule has 0 saturated carbocycles. The van der Waals surface area contributed by atoms with Crippen LogP contribution in [0.3, 0.4) is 0 Å². The van der Waals surface area contributed by atoms with Gasteiger partial charge in [-0.15, -0.1) is 11.3 Å². The van der Waals surface area contributed by atoms with Gasteiger partial charge in [0, 0.05) is 23.3 Å². The lowest BCUT2D eigenvalue weighted by Crippen LogP contribution is -2.02. The van der Waals surface area contributed by atoms with E-state index in [1.165, 1.54) is 4.88 Å². The highest BCUT2D eigenvalue weighted by Gasteiger charge is 2.20. The first-order valence-electron chi connectivity index (χ1n) is 6.31. The number of thiazole rings is 1. The van der Waals surface area contributed by atoms with Crippen molar-refractivity contribution in [2.45, 2.75) is 12.8 Å². The third-order valence-corrected chi connectivity index (χ3v) is 4.30. The van der Waals surface area contributed by atoms with Gasteiger partial charge in [-0.25, -0.2) is 4.98 Å². The molecule has 2 N–H and O–H groups in total. The van der Waals surface area contributed by atoms with Crippen LogP contribution in [-0.2, 0) is 12.8 Å². The molecule has 1 aromatic carbocycles. The van der Waals surface area contributed by atoms with Gasteiger partial charge in [0.05, 0.1) is 24.4 Å². The fourth-order valence-electron chi connectivity index (χ4n) is 2.21. The predicted octanol–water partition coefficient (Wildman–Crippen LogP) is 2.25. The van der Waals surface area contributed by atoms with Gasteiger partial charge in [-0.05, 0) is 24.7 Å². The summed E-state index contributed by atoms with van der Waals surface area (Å²) in [6.07, 6.45) is 1.73. The molecular formula is C14H16N2O2S. The van der Waals surface area contributed by atoms with Crippen LogP contribution in [0.1, 0.15) is 9.88 Å². The quantitative estimate of drug-likeness (QED) is 0.934. The molecule has 0 radical (unpaired) electrons. The van der Waals surface area contributed by atoms with Crippen molar-refractivity contribution < 1.29 is 9.47 Å². The van der Waals surface area contributed by atoms with Crippen molar-refractivity contribution in [3.8, 4) is 22.8 Å². The highest BCUT2D eigenvalue weighted by atomic mass is 32.1. The summed E-state index contributed by atoms with van der Waals surface area (Å²) in [6, 6.07) is 5.85. The van der Waals surface area contributed by atoms with Crippen molar-refractivity contribution in [3.63, 3.8) is 0 Å². The van der Waals surface area contributed by atoms with Crippen LogP contribution in [0.5, 0.6) is 11.5 Å². The average molecular weight is 276 g/mol. The van der Waals surface area contributed by atoms with E-state index in [1.54, 1.807) is 18.4 Å². The molecule has 0 spiro atoms. The molecule has 100 valence electrons. The average Bonchev–Trinajstić information content (AvgIpc) is 2.75. The number of benzene rings is 1. The van der Waals surface area contributed by atoms with Gasteiger partial charge >= 0.3 is 0 Å². The van der Waals surface area contributed by atoms with Crippen LogP contribution in [0.25, 0.3) is 11.3 Å². The van der Waals surface area contributed by atoms with E-state index in [0.29, 0.717) is 13.2 Å². The number of nitrogens with zero attached hydrogens (tertiary/aromatic N) is 1. The standard InChI is InChI=1S/C14H16N2O2S/c1-17-9-2-3-11-10(8-9)14-12(5-7-18-11)19-13(16-14)4-6-15/h2-3,8H,4-7,15H2,1H3. The molecule has 1 aliphatic rings. The van der Waals surface area contributed by atoms with Gasteiger partial charge in [0.15, 0.2) is 0 Å². The zero-order valence-corrected chi connectivity index (χ0v) is 11.6. The minimum atomic E-state index is 0.633. The Bertz CT molecular complexity index is 595. The Morgan fingerprint density at radius 3 is 3.16 bits per heavy atom. The zero-order chi connectivity index (χ0) is 13.2. The Balaban J connectivity index is 2.11. The van der Waals surface area contributed by atoms with Crippen LogP contribution in [-0.4, -0.2) is 25.2 Å². The van der Waals surface area contributed by atoms with Crippen LogP contribution in [0.15, 0.2) is 18.2 Å². The molecule has 5 heteroatoms. The summed E-state index contributed by atoms with van der Waals surface area (Å²) in [7, 11) is 1.67. The van der Waals surface area contributed by atoms with Gasteiger partial charge in [-0.3, -0.25) is 0 Å². The van der Waals surface area contributed by atoms with Crippen molar-refractivity contribution in [2.24, 2.45) is 5.73 Å². The van der Waals surface area contributed by atoms with Gasteiger partial charge in [-0.1, -0.05) is 0 Å². The van der Waals surface area contributed by atoms with E-state index in [0.717, 1.165) is 40.6 Å². The number of aromatic nitrogens is 1. The maximum absolute atomic E-state index is 5.78. The summed E-state index contributed by atoms with van der Waals surface area (Å²) >= 11 is 1.74. The molecule has 0 amide bonds. The highest BCUT2D eigenvalue weighted by molar-refractivity contribution is 7.12. The second-order valence-corrected chi connectivity index (χ2v) is 5.55. The van der Waals surface area contributed by atoms with E-state index in [1.807, 2.05) is 18.2 Å². The lowest BCUT2D eigenvalue weighted by Gasteiger charge is -2.08. The number of hydrogen-bond acceptors (Lipinski definition) is 5. The van der Waals surface area contributed by atoms with Gasteiger partial charge in [0.2, 0.25) is 0 Å². The maximum Gasteiger partial charge on any atom is 0.129 e. The molecule has 0 bridgehead atoms. The lowest BCUT2D eigenvalue weighted by atomic mass is 10.1. The minimum Gasteiger partial charge on any atom is -0.497 e. The Kier molecular flexibility index (Phi) is 3.40. The first-order chi connectivity index (χ1) is 9.31. The number of hydrogen-bond donors (Lipinski definition) is 1. The summed E-state index contributed by atoms with van der Waals surface area (Å²) in [5.74, 6) is 1.70. The normalized spacial score (nSPS) is 13.2. The molecule has 2 aromatic rings. The Morgan fingerprint density at radius 1 is 1.47 bits per heavy atom. The Labute approximate surface area is 116 Å². The van der Waals surface area contributed by atoms with E-state index in [2.05, 4.69) is 0 Å². The maximum atomic E-state index is 5.78. The second kappa shape index (κ2) is 5.19. The molecular weight excluding hydrogens is 260 g/mol. The largest absolute Gasteiger partial charge is 0.497 e. The predicted molar refractivity (Wildman–Crippen MR) is 76.1 cm³/mol. The van der Waals surface area contributed by atoms with Gasteiger partial charge in [-0.2, -0.15) is 0 Å². The lowest BCUT2D eigenvalue weighted by molar-refractivity contribution is 0.326. The molecule has 0 unspecified atom stereocenters. The van der Waals surface area contributed by atoms with Crippen molar-refractivity contribution in [1.82, 2.24) is 4.98 Å². The van der Waals surface area contributed by atoms with Crippen LogP contribution in [0.2, 0.25) is 0 Å². The van der Waals surface area contributed by atoms with E-state index in [-0.39, 0.29) is 0 Å². The molecule has 2 heterocycles. The first kappa shape index (κ1) is 12.4. The molecule has 0 saturated heterocycles. The Morgan fingerprint density at radius 2 is 2.37 bits per heavy atom. The van der Waals surface area contributed by atoms with Crippen molar-refractivity contribution in [3.05, 3.63) is 28.1 Å². The van der Waals surface area contributed by atoms with Crippen LogP contribution in [0.4, 0.5) is 0 Å². The van der Waals surface area contributed by atoms with E-state index in [4.69, 9.17) is 20.2 Å². The second-order valence-electron chi connectivity index (χ2n) is 4.38. The molecule has 0 aliphatic carbocycles. The van der Waals surface area contributed by atoms with Crippen LogP contribution < -0.4 is 15.2 Å². The smallest absolute Gasteiger partial charge is 0.129 e. The van der Waals surface area contributed by atoms with Crippen molar-refractivity contribution in [2.75, 3.05) is 20.3 Å². The van der Waals surface area contributed by atoms with E-state index >= 15 is 0 Å². The molecule has 0 fully saturated rings. The van der Waals surface area contributed by atoms with Gasteiger partial charge < -0.3 is 15.2 Å². The van der Waals surface area contributed by atoms with Crippen molar-refractivity contribution in [1.29, 1.82) is 0 Å². The topological polar surface area (TPSA) is 57.4 Å². The highest BCUT2D eigenvalue weighted by Crippen LogP contribution is 2.39. The molecule has 1 aliphatic heterocycles. The number of ether oxygens (including phenoxy) is 2. The minimum absolute atomic E-state index is 0.633.